The predicted molar refractivity (Wildman–Crippen MR) is 128 cm³/mol. The van der Waals surface area contributed by atoms with Crippen LogP contribution in [0.25, 0.3) is 0 Å². The Kier molecular flexibility index (Phi) is 6.96. The smallest absolute Gasteiger partial charge is 0.236 e. The molecule has 4 aliphatic rings. The Morgan fingerprint density at radius 2 is 1.68 bits per heavy atom. The molecule has 1 unspecified atom stereocenters. The van der Waals surface area contributed by atoms with Gasteiger partial charge in [0, 0.05) is 44.6 Å². The van der Waals surface area contributed by atoms with Crippen molar-refractivity contribution in [3.8, 4) is 0 Å². The van der Waals surface area contributed by atoms with Crippen molar-refractivity contribution in [2.24, 2.45) is 11.3 Å². The van der Waals surface area contributed by atoms with Crippen molar-refractivity contribution >= 4 is 11.8 Å². The van der Waals surface area contributed by atoms with Crippen molar-refractivity contribution in [1.82, 2.24) is 24.9 Å². The Balaban J connectivity index is 1.29. The van der Waals surface area contributed by atoms with Crippen LogP contribution in [0.1, 0.15) is 102 Å². The van der Waals surface area contributed by atoms with E-state index in [9.17, 15) is 9.59 Å². The molecule has 8 heteroatoms. The van der Waals surface area contributed by atoms with Crippen molar-refractivity contribution in [2.45, 2.75) is 90.0 Å². The van der Waals surface area contributed by atoms with Gasteiger partial charge in [-0.25, -0.2) is 0 Å². The van der Waals surface area contributed by atoms with E-state index < -0.39 is 0 Å². The van der Waals surface area contributed by atoms with Gasteiger partial charge in [0.15, 0.2) is 0 Å². The van der Waals surface area contributed by atoms with Gasteiger partial charge in [-0.3, -0.25) is 14.5 Å². The number of carbonyl (C=O) groups excluding carboxylic acids is 2. The molecule has 34 heavy (non-hydrogen) atoms. The fourth-order valence-corrected chi connectivity index (χ4v) is 6.58. The first-order chi connectivity index (χ1) is 16.4. The average molecular weight is 472 g/mol. The summed E-state index contributed by atoms with van der Waals surface area (Å²) in [5.74, 6) is 2.34. The second kappa shape index (κ2) is 9.96. The molecule has 188 valence electrons. The van der Waals surface area contributed by atoms with E-state index in [-0.39, 0.29) is 29.2 Å². The van der Waals surface area contributed by atoms with Gasteiger partial charge in [0.25, 0.3) is 0 Å². The van der Waals surface area contributed by atoms with Gasteiger partial charge in [-0.15, -0.1) is 10.2 Å². The summed E-state index contributed by atoms with van der Waals surface area (Å²) < 4.78 is 6.09. The third-order valence-electron chi connectivity index (χ3n) is 8.73. The van der Waals surface area contributed by atoms with E-state index in [2.05, 4.69) is 33.8 Å². The van der Waals surface area contributed by atoms with E-state index >= 15 is 0 Å². The van der Waals surface area contributed by atoms with Crippen LogP contribution in [-0.2, 0) is 9.59 Å². The molecule has 3 saturated heterocycles. The molecule has 1 spiro atoms. The van der Waals surface area contributed by atoms with Crippen LogP contribution in [0.3, 0.4) is 0 Å². The summed E-state index contributed by atoms with van der Waals surface area (Å²) in [6.45, 7) is 8.80. The number of aromatic nitrogens is 2. The van der Waals surface area contributed by atoms with Crippen LogP contribution in [0.4, 0.5) is 0 Å². The highest BCUT2D eigenvalue weighted by atomic mass is 16.4. The zero-order chi connectivity index (χ0) is 23.7. The van der Waals surface area contributed by atoms with Crippen molar-refractivity contribution in [2.75, 3.05) is 39.3 Å². The summed E-state index contributed by atoms with van der Waals surface area (Å²) in [7, 11) is 0. The van der Waals surface area contributed by atoms with Gasteiger partial charge in [0.05, 0.1) is 12.6 Å². The van der Waals surface area contributed by atoms with Gasteiger partial charge < -0.3 is 14.2 Å². The zero-order valence-corrected chi connectivity index (χ0v) is 21.0. The van der Waals surface area contributed by atoms with Gasteiger partial charge in [-0.1, -0.05) is 26.7 Å². The number of piperidine rings is 2. The summed E-state index contributed by atoms with van der Waals surface area (Å²) >= 11 is 0. The Bertz CT molecular complexity index is 864. The molecule has 4 heterocycles. The molecule has 1 aromatic rings. The fraction of sp³-hybridized carbons (Fsp3) is 0.846. The number of rotatable bonds is 5. The molecule has 3 aliphatic heterocycles. The van der Waals surface area contributed by atoms with E-state index in [0.717, 1.165) is 77.7 Å². The molecule has 0 aromatic carbocycles. The first-order valence-corrected chi connectivity index (χ1v) is 13.6. The molecule has 1 aromatic heterocycles. The van der Waals surface area contributed by atoms with Crippen molar-refractivity contribution in [1.29, 1.82) is 0 Å². The molecule has 1 saturated carbocycles. The van der Waals surface area contributed by atoms with E-state index in [1.54, 1.807) is 0 Å². The summed E-state index contributed by atoms with van der Waals surface area (Å²) in [6, 6.07) is -0.0224. The number of likely N-dealkylation sites (tertiary alicyclic amines) is 3. The van der Waals surface area contributed by atoms with Gasteiger partial charge in [-0.05, 0) is 56.8 Å². The summed E-state index contributed by atoms with van der Waals surface area (Å²) in [5.41, 5.74) is 0.103. The Labute approximate surface area is 203 Å². The zero-order valence-electron chi connectivity index (χ0n) is 21.0. The van der Waals surface area contributed by atoms with Gasteiger partial charge >= 0.3 is 0 Å². The third-order valence-corrected chi connectivity index (χ3v) is 8.73. The normalized spacial score (nSPS) is 26.1. The number of carbonyl (C=O) groups is 2. The Morgan fingerprint density at radius 3 is 2.32 bits per heavy atom. The summed E-state index contributed by atoms with van der Waals surface area (Å²) in [6.07, 6.45) is 10.8. The number of hydrogen-bond acceptors (Lipinski definition) is 6. The number of hydrogen-bond donors (Lipinski definition) is 0. The van der Waals surface area contributed by atoms with Crippen LogP contribution in [0.5, 0.6) is 0 Å². The lowest BCUT2D eigenvalue weighted by Crippen LogP contribution is -2.47. The lowest BCUT2D eigenvalue weighted by molar-refractivity contribution is -0.137. The van der Waals surface area contributed by atoms with Crippen LogP contribution in [0.2, 0.25) is 0 Å². The van der Waals surface area contributed by atoms with E-state index in [4.69, 9.17) is 4.42 Å². The molecule has 2 amide bonds. The quantitative estimate of drug-likeness (QED) is 0.650. The first-order valence-electron chi connectivity index (χ1n) is 13.6. The minimum Gasteiger partial charge on any atom is -0.423 e. The molecule has 0 N–H and O–H groups in total. The second-order valence-corrected chi connectivity index (χ2v) is 11.5. The SMILES string of the molecule is CC(C)c1nnc(C2CC3(CCN(C(=O)C4CCCC4)CC3)CN2CC(=O)N2CCCCC2)o1. The largest absolute Gasteiger partial charge is 0.423 e. The molecule has 4 fully saturated rings. The van der Waals surface area contributed by atoms with Crippen molar-refractivity contribution in [3.63, 3.8) is 0 Å². The van der Waals surface area contributed by atoms with Crippen LogP contribution in [-0.4, -0.2) is 76.0 Å². The third kappa shape index (κ3) is 4.88. The summed E-state index contributed by atoms with van der Waals surface area (Å²) in [4.78, 5) is 32.6. The molecular weight excluding hydrogens is 430 g/mol. The Hall–Kier alpha value is -1.96. The second-order valence-electron chi connectivity index (χ2n) is 11.5. The van der Waals surface area contributed by atoms with Gasteiger partial charge in [0.2, 0.25) is 23.6 Å². The minimum absolute atomic E-state index is 0.0224. The maximum atomic E-state index is 13.2. The lowest BCUT2D eigenvalue weighted by atomic mass is 9.76. The van der Waals surface area contributed by atoms with Crippen molar-refractivity contribution in [3.05, 3.63) is 11.8 Å². The highest BCUT2D eigenvalue weighted by Gasteiger charge is 2.49. The highest BCUT2D eigenvalue weighted by molar-refractivity contribution is 5.79. The van der Waals surface area contributed by atoms with Crippen LogP contribution < -0.4 is 0 Å². The first kappa shape index (κ1) is 23.8. The van der Waals surface area contributed by atoms with Crippen LogP contribution >= 0.6 is 0 Å². The monoisotopic (exact) mass is 471 g/mol. The Morgan fingerprint density at radius 1 is 0.971 bits per heavy atom. The summed E-state index contributed by atoms with van der Waals surface area (Å²) in [5, 5.41) is 8.70. The maximum Gasteiger partial charge on any atom is 0.236 e. The number of amides is 2. The highest BCUT2D eigenvalue weighted by Crippen LogP contribution is 2.49. The minimum atomic E-state index is -0.0224. The standard InChI is InChI=1S/C26H41N5O3/c1-19(2)23-27-28-24(34-23)21-16-26(18-31(21)17-22(32)29-12-6-3-7-13-29)10-14-30(15-11-26)25(33)20-8-4-5-9-20/h19-21H,3-18H2,1-2H3. The van der Waals surface area contributed by atoms with Crippen LogP contribution in [0, 0.1) is 11.3 Å². The van der Waals surface area contributed by atoms with Crippen LogP contribution in [0.15, 0.2) is 4.42 Å². The molecule has 1 aliphatic carbocycles. The van der Waals surface area contributed by atoms with E-state index in [1.165, 1.54) is 19.3 Å². The topological polar surface area (TPSA) is 82.8 Å². The molecule has 0 bridgehead atoms. The molecular formula is C26H41N5O3. The predicted octanol–water partition coefficient (Wildman–Crippen LogP) is 3.75. The maximum absolute atomic E-state index is 13.2. The van der Waals surface area contributed by atoms with Gasteiger partial charge in [0.1, 0.15) is 0 Å². The van der Waals surface area contributed by atoms with E-state index in [1.807, 2.05) is 4.90 Å². The number of nitrogens with zero attached hydrogens (tertiary/aromatic N) is 5. The van der Waals surface area contributed by atoms with Crippen molar-refractivity contribution < 1.29 is 14.0 Å². The molecule has 0 radical (unpaired) electrons. The lowest BCUT2D eigenvalue weighted by Gasteiger charge is -2.40. The van der Waals surface area contributed by atoms with Gasteiger partial charge in [-0.2, -0.15) is 0 Å². The molecule has 8 nitrogen and oxygen atoms in total. The molecule has 1 atom stereocenters. The van der Waals surface area contributed by atoms with E-state index in [0.29, 0.717) is 24.2 Å². The molecule has 5 rings (SSSR count). The fourth-order valence-electron chi connectivity index (χ4n) is 6.58. The average Bonchev–Trinajstić information content (AvgIpc) is 3.61.